The molecule has 4 nitrogen and oxygen atoms in total. The molecule has 0 aromatic carbocycles. The van der Waals surface area contributed by atoms with E-state index >= 15 is 0 Å². The van der Waals surface area contributed by atoms with E-state index in [2.05, 4.69) is 0 Å². The molecular formula is H2AlClO4P+. The Morgan fingerprint density at radius 1 is 1.14 bits per heavy atom. The fourth-order valence-corrected chi connectivity index (χ4v) is 0. The van der Waals surface area contributed by atoms with Gasteiger partial charge in [0.25, 0.3) is 0 Å². The van der Waals surface area contributed by atoms with Crippen molar-refractivity contribution in [2.24, 2.45) is 0 Å². The van der Waals surface area contributed by atoms with Crippen LogP contribution in [-0.2, 0) is 4.57 Å². The summed E-state index contributed by atoms with van der Waals surface area (Å²) in [4.78, 5) is 25.6. The second-order valence-corrected chi connectivity index (χ2v) is 1.34. The molecule has 0 heterocycles. The van der Waals surface area contributed by atoms with Crippen LogP contribution >= 0.6 is 7.82 Å². The summed E-state index contributed by atoms with van der Waals surface area (Å²) >= 11 is 0. The van der Waals surface area contributed by atoms with Crippen molar-refractivity contribution in [2.75, 3.05) is 0 Å². The number of halogens is 1. The van der Waals surface area contributed by atoms with Crippen LogP contribution in [0.2, 0.25) is 0 Å². The van der Waals surface area contributed by atoms with E-state index in [1.54, 1.807) is 0 Å². The molecule has 7 heavy (non-hydrogen) atoms. The minimum absolute atomic E-state index is 0. The molecule has 0 rings (SSSR count). The molecule has 7 heteroatoms. The van der Waals surface area contributed by atoms with Crippen molar-refractivity contribution in [3.8, 4) is 0 Å². The van der Waals surface area contributed by atoms with Gasteiger partial charge < -0.3 is 19.2 Å². The quantitative estimate of drug-likeness (QED) is 0.268. The van der Waals surface area contributed by atoms with Gasteiger partial charge in [0.05, 0.1) is 12.4 Å². The summed E-state index contributed by atoms with van der Waals surface area (Å²) in [5.74, 6) is 0. The van der Waals surface area contributed by atoms with Crippen molar-refractivity contribution in [2.45, 2.75) is 0 Å². The Morgan fingerprint density at radius 3 is 1.14 bits per heavy atom. The van der Waals surface area contributed by atoms with Gasteiger partial charge in [-0.1, -0.05) is 0 Å². The first-order valence-corrected chi connectivity index (χ1v) is 2.19. The van der Waals surface area contributed by atoms with E-state index < -0.39 is 7.82 Å². The Labute approximate surface area is 57.3 Å². The number of hydrogen-bond acceptors (Lipinski definition) is 4. The normalized spacial score (nSPS) is 8.43. The summed E-state index contributed by atoms with van der Waals surface area (Å²) < 4.78 is 8.55. The Bertz CT molecular complexity index is 57.8. The zero-order valence-electron chi connectivity index (χ0n) is 3.10. The fourth-order valence-electron chi connectivity index (χ4n) is 0. The summed E-state index contributed by atoms with van der Waals surface area (Å²) in [5.41, 5.74) is 0. The average Bonchev–Trinajstić information content (AvgIpc) is 0.722. The minimum Gasteiger partial charge on any atom is -0.822 e. The molecular weight excluding hydrogens is 157 g/mol. The van der Waals surface area contributed by atoms with Gasteiger partial charge in [0.2, 0.25) is 0 Å². The molecule has 0 aliphatic heterocycles. The van der Waals surface area contributed by atoms with E-state index in [4.69, 9.17) is 19.2 Å². The van der Waals surface area contributed by atoms with Crippen molar-refractivity contribution >= 4 is 25.2 Å². The molecule has 0 aromatic rings. The Hall–Kier alpha value is 0.932. The summed E-state index contributed by atoms with van der Waals surface area (Å²) in [6.45, 7) is 0. The first-order chi connectivity index (χ1) is 2.00. The topological polar surface area (TPSA) is 86.2 Å². The van der Waals surface area contributed by atoms with Gasteiger partial charge in [-0.25, -0.2) is 0 Å². The summed E-state index contributed by atoms with van der Waals surface area (Å²) in [6, 6.07) is 0. The van der Waals surface area contributed by atoms with Crippen molar-refractivity contribution in [3.63, 3.8) is 0 Å². The van der Waals surface area contributed by atoms with E-state index in [0.29, 0.717) is 0 Å². The molecule has 0 fully saturated rings. The van der Waals surface area contributed by atoms with Crippen molar-refractivity contribution < 1.29 is 31.7 Å². The van der Waals surface area contributed by atoms with E-state index in [1.807, 2.05) is 0 Å². The molecule has 0 radical (unpaired) electrons. The fraction of sp³-hybridized carbons (Fsp3) is 0. The average molecular weight is 159 g/mol. The third-order valence-corrected chi connectivity index (χ3v) is 0. The van der Waals surface area contributed by atoms with Crippen LogP contribution in [0.4, 0.5) is 0 Å². The van der Waals surface area contributed by atoms with Gasteiger partial charge in [0.15, 0.2) is 0 Å². The molecule has 0 aliphatic carbocycles. The molecule has 0 amide bonds. The van der Waals surface area contributed by atoms with E-state index in [9.17, 15) is 0 Å². The minimum atomic E-state index is -5.39. The largest absolute Gasteiger partial charge is 3.00 e. The monoisotopic (exact) mass is 159 g/mol. The maximum atomic E-state index is 8.55. The van der Waals surface area contributed by atoms with Crippen LogP contribution in [0.5, 0.6) is 0 Å². The number of hydrogen-bond donors (Lipinski definition) is 0. The third kappa shape index (κ3) is 194. The van der Waals surface area contributed by atoms with Crippen molar-refractivity contribution in [3.05, 3.63) is 0 Å². The Morgan fingerprint density at radius 2 is 1.14 bits per heavy atom. The zero-order chi connectivity index (χ0) is 4.50. The Balaban J connectivity index is -0.0000000800. The molecule has 0 N–H and O–H groups in total. The maximum Gasteiger partial charge on any atom is 3.00 e. The molecule has 0 saturated heterocycles. The molecule has 0 aliphatic rings. The van der Waals surface area contributed by atoms with Crippen LogP contribution in [0.3, 0.4) is 0 Å². The van der Waals surface area contributed by atoms with E-state index in [-0.39, 0.29) is 29.8 Å². The van der Waals surface area contributed by atoms with Crippen LogP contribution < -0.4 is 14.7 Å². The first-order valence-electron chi connectivity index (χ1n) is 0.730. The summed E-state index contributed by atoms with van der Waals surface area (Å²) in [5, 5.41) is 0. The van der Waals surface area contributed by atoms with Gasteiger partial charge in [-0.2, -0.15) is 7.82 Å². The van der Waals surface area contributed by atoms with Gasteiger partial charge in [0.1, 0.15) is 0 Å². The third-order valence-electron chi connectivity index (χ3n) is 0. The molecule has 0 saturated carbocycles. The van der Waals surface area contributed by atoms with Crippen molar-refractivity contribution in [1.82, 2.24) is 0 Å². The van der Waals surface area contributed by atoms with Crippen molar-refractivity contribution in [1.29, 1.82) is 0 Å². The van der Waals surface area contributed by atoms with E-state index in [0.717, 1.165) is 0 Å². The molecule has 0 atom stereocenters. The van der Waals surface area contributed by atoms with Gasteiger partial charge in [-0.05, 0) is 0 Å². The molecule has 0 unspecified atom stereocenters. The van der Waals surface area contributed by atoms with Crippen LogP contribution in [0.1, 0.15) is 0 Å². The van der Waals surface area contributed by atoms with Gasteiger partial charge in [-0.15, -0.1) is 0 Å². The molecule has 0 bridgehead atoms. The first kappa shape index (κ1) is 15.7. The molecule has 0 spiro atoms. The SMILES string of the molecule is O=P([O-])([O-])[O-].[Al+3].[ClH2+]. The zero-order valence-corrected chi connectivity index (χ0v) is 6.05. The number of phosphoric acid groups is 1. The van der Waals surface area contributed by atoms with Crippen LogP contribution in [-0.4, -0.2) is 17.4 Å². The van der Waals surface area contributed by atoms with Crippen LogP contribution in [0.25, 0.3) is 0 Å². The number of rotatable bonds is 0. The molecule has 40 valence electrons. The van der Waals surface area contributed by atoms with Gasteiger partial charge in [0, 0.05) is 0 Å². The van der Waals surface area contributed by atoms with E-state index in [1.165, 1.54) is 0 Å². The second kappa shape index (κ2) is 5.08. The predicted octanol–water partition coefficient (Wildman–Crippen LogP) is -3.74. The van der Waals surface area contributed by atoms with Gasteiger partial charge >= 0.3 is 17.4 Å². The Kier molecular flexibility index (Phi) is 11.4. The smallest absolute Gasteiger partial charge is 0.822 e. The summed E-state index contributed by atoms with van der Waals surface area (Å²) in [7, 11) is -5.39. The summed E-state index contributed by atoms with van der Waals surface area (Å²) in [6.07, 6.45) is 0. The molecule has 0 aromatic heterocycles. The van der Waals surface area contributed by atoms with Crippen LogP contribution in [0, 0.1) is 12.4 Å². The van der Waals surface area contributed by atoms with Gasteiger partial charge in [-0.3, -0.25) is 0 Å². The standard InChI is InChI=1S/Al.ClH2.H3O4P/c;;1-5(2,3)4/h;1H2;(H3,1,2,3,4)/q+3;+1;/p-3. The predicted molar refractivity (Wildman–Crippen MR) is 16.2 cm³/mol. The second-order valence-electron chi connectivity index (χ2n) is 0.447. The maximum absolute atomic E-state index is 8.55. The van der Waals surface area contributed by atoms with Crippen LogP contribution in [0.15, 0.2) is 0 Å².